The van der Waals surface area contributed by atoms with E-state index in [0.717, 1.165) is 5.75 Å². The fourth-order valence-electron chi connectivity index (χ4n) is 2.52. The Morgan fingerprint density at radius 2 is 1.57 bits per heavy atom. The summed E-state index contributed by atoms with van der Waals surface area (Å²) in [5, 5.41) is 2.68. The zero-order chi connectivity index (χ0) is 21.9. The van der Waals surface area contributed by atoms with Gasteiger partial charge in [0.1, 0.15) is 11.5 Å². The summed E-state index contributed by atoms with van der Waals surface area (Å²) < 4.78 is 26.4. The fraction of sp³-hybridized carbons (Fsp3) is 0.364. The highest BCUT2D eigenvalue weighted by molar-refractivity contribution is 5.95. The molecule has 8 heteroatoms. The maximum absolute atomic E-state index is 12.3. The summed E-state index contributed by atoms with van der Waals surface area (Å²) in [6.07, 6.45) is -0.947. The van der Waals surface area contributed by atoms with Crippen LogP contribution in [-0.2, 0) is 14.3 Å². The molecule has 1 N–H and O–H groups in total. The number of methoxy groups -OCH3 is 2. The molecule has 1 amide bonds. The van der Waals surface area contributed by atoms with Crippen LogP contribution in [0.5, 0.6) is 23.0 Å². The lowest BCUT2D eigenvalue weighted by Crippen LogP contribution is -2.30. The van der Waals surface area contributed by atoms with E-state index in [4.69, 9.17) is 23.7 Å². The van der Waals surface area contributed by atoms with Crippen molar-refractivity contribution in [3.63, 3.8) is 0 Å². The van der Waals surface area contributed by atoms with Crippen LogP contribution < -0.4 is 24.3 Å². The number of hydrogen-bond donors (Lipinski definition) is 1. The first-order valence-electron chi connectivity index (χ1n) is 9.54. The number of anilines is 1. The second-order valence-electron chi connectivity index (χ2n) is 6.19. The van der Waals surface area contributed by atoms with Gasteiger partial charge >= 0.3 is 5.97 Å². The molecule has 0 heterocycles. The van der Waals surface area contributed by atoms with Gasteiger partial charge in [0, 0.05) is 11.8 Å². The molecule has 0 radical (unpaired) electrons. The Labute approximate surface area is 176 Å². The number of hydrogen-bond acceptors (Lipinski definition) is 7. The van der Waals surface area contributed by atoms with Crippen molar-refractivity contribution in [2.75, 3.05) is 32.8 Å². The standard InChI is InChI=1S/C22H27NO7/c1-5-28-17-7-9-18(10-8-17)29-13-12-21(24)30-15(2)22(25)23-16-6-11-19(26-3)20(14-16)27-4/h6-11,14-15H,5,12-13H2,1-4H3,(H,23,25). The second kappa shape index (κ2) is 11.5. The highest BCUT2D eigenvalue weighted by atomic mass is 16.6. The van der Waals surface area contributed by atoms with E-state index < -0.39 is 18.0 Å². The van der Waals surface area contributed by atoms with Crippen LogP contribution in [-0.4, -0.2) is 45.4 Å². The highest BCUT2D eigenvalue weighted by Crippen LogP contribution is 2.29. The van der Waals surface area contributed by atoms with E-state index in [2.05, 4.69) is 5.32 Å². The molecular weight excluding hydrogens is 390 g/mol. The number of carbonyl (C=O) groups excluding carboxylic acids is 2. The first-order chi connectivity index (χ1) is 14.5. The average Bonchev–Trinajstić information content (AvgIpc) is 2.75. The van der Waals surface area contributed by atoms with Crippen LogP contribution in [0, 0.1) is 0 Å². The summed E-state index contributed by atoms with van der Waals surface area (Å²) in [6, 6.07) is 12.1. The molecule has 2 rings (SSSR count). The van der Waals surface area contributed by atoms with Gasteiger partial charge < -0.3 is 29.0 Å². The van der Waals surface area contributed by atoms with Crippen molar-refractivity contribution in [2.24, 2.45) is 0 Å². The van der Waals surface area contributed by atoms with Crippen LogP contribution in [0.25, 0.3) is 0 Å². The lowest BCUT2D eigenvalue weighted by Gasteiger charge is -2.15. The maximum atomic E-state index is 12.3. The minimum Gasteiger partial charge on any atom is -0.494 e. The molecule has 0 saturated carbocycles. The molecule has 0 spiro atoms. The number of ether oxygens (including phenoxy) is 5. The van der Waals surface area contributed by atoms with Gasteiger partial charge in [0.05, 0.1) is 33.9 Å². The van der Waals surface area contributed by atoms with Crippen molar-refractivity contribution in [3.8, 4) is 23.0 Å². The third kappa shape index (κ3) is 6.88. The van der Waals surface area contributed by atoms with Gasteiger partial charge in [-0.15, -0.1) is 0 Å². The van der Waals surface area contributed by atoms with E-state index in [1.165, 1.54) is 21.1 Å². The van der Waals surface area contributed by atoms with Crippen LogP contribution in [0.3, 0.4) is 0 Å². The molecular formula is C22H27NO7. The predicted octanol–water partition coefficient (Wildman–Crippen LogP) is 3.44. The van der Waals surface area contributed by atoms with Gasteiger partial charge in [-0.05, 0) is 50.2 Å². The molecule has 162 valence electrons. The van der Waals surface area contributed by atoms with E-state index >= 15 is 0 Å². The zero-order valence-corrected chi connectivity index (χ0v) is 17.6. The number of benzene rings is 2. The van der Waals surface area contributed by atoms with Crippen molar-refractivity contribution in [3.05, 3.63) is 42.5 Å². The minimum absolute atomic E-state index is 0.0151. The van der Waals surface area contributed by atoms with Crippen molar-refractivity contribution in [1.82, 2.24) is 0 Å². The third-order valence-corrected chi connectivity index (χ3v) is 4.04. The van der Waals surface area contributed by atoms with Gasteiger partial charge in [0.25, 0.3) is 5.91 Å². The Morgan fingerprint density at radius 1 is 0.933 bits per heavy atom. The van der Waals surface area contributed by atoms with Crippen LogP contribution in [0.1, 0.15) is 20.3 Å². The Morgan fingerprint density at radius 3 is 2.17 bits per heavy atom. The minimum atomic E-state index is -0.962. The van der Waals surface area contributed by atoms with Crippen molar-refractivity contribution < 1.29 is 33.3 Å². The molecule has 0 saturated heterocycles. The first kappa shape index (κ1) is 22.9. The zero-order valence-electron chi connectivity index (χ0n) is 17.6. The number of rotatable bonds is 11. The van der Waals surface area contributed by atoms with Crippen LogP contribution in [0.4, 0.5) is 5.69 Å². The summed E-state index contributed by atoms with van der Waals surface area (Å²) in [4.78, 5) is 24.3. The van der Waals surface area contributed by atoms with Crippen molar-refractivity contribution >= 4 is 17.6 Å². The van der Waals surface area contributed by atoms with Gasteiger partial charge in [-0.25, -0.2) is 0 Å². The van der Waals surface area contributed by atoms with E-state index in [-0.39, 0.29) is 13.0 Å². The van der Waals surface area contributed by atoms with Gasteiger partial charge in [0.15, 0.2) is 17.6 Å². The molecule has 1 atom stereocenters. The van der Waals surface area contributed by atoms with Gasteiger partial charge in [-0.1, -0.05) is 0 Å². The van der Waals surface area contributed by atoms with Crippen molar-refractivity contribution in [2.45, 2.75) is 26.4 Å². The topological polar surface area (TPSA) is 92.3 Å². The molecule has 30 heavy (non-hydrogen) atoms. The molecule has 8 nitrogen and oxygen atoms in total. The average molecular weight is 417 g/mol. The van der Waals surface area contributed by atoms with Crippen molar-refractivity contribution in [1.29, 1.82) is 0 Å². The first-order valence-corrected chi connectivity index (χ1v) is 9.54. The molecule has 2 aromatic carbocycles. The Bertz CT molecular complexity index is 836. The van der Waals surface area contributed by atoms with E-state index in [0.29, 0.717) is 29.5 Å². The van der Waals surface area contributed by atoms with Gasteiger partial charge in [0.2, 0.25) is 0 Å². The molecule has 2 aromatic rings. The molecule has 0 aromatic heterocycles. The number of esters is 1. The maximum Gasteiger partial charge on any atom is 0.310 e. The smallest absolute Gasteiger partial charge is 0.310 e. The molecule has 1 unspecified atom stereocenters. The molecule has 0 fully saturated rings. The summed E-state index contributed by atoms with van der Waals surface area (Å²) >= 11 is 0. The van der Waals surface area contributed by atoms with Gasteiger partial charge in [-0.2, -0.15) is 0 Å². The third-order valence-electron chi connectivity index (χ3n) is 4.04. The quantitative estimate of drug-likeness (QED) is 0.560. The lowest BCUT2D eigenvalue weighted by atomic mass is 10.2. The normalized spacial score (nSPS) is 11.2. The number of amides is 1. The molecule has 0 aliphatic carbocycles. The lowest BCUT2D eigenvalue weighted by molar-refractivity contribution is -0.153. The largest absolute Gasteiger partial charge is 0.494 e. The Kier molecular flexibility index (Phi) is 8.80. The molecule has 0 aliphatic rings. The van der Waals surface area contributed by atoms with E-state index in [1.807, 2.05) is 6.92 Å². The second-order valence-corrected chi connectivity index (χ2v) is 6.19. The SMILES string of the molecule is CCOc1ccc(OCCC(=O)OC(C)C(=O)Nc2ccc(OC)c(OC)c2)cc1. The predicted molar refractivity (Wildman–Crippen MR) is 111 cm³/mol. The Hall–Kier alpha value is -3.42. The van der Waals surface area contributed by atoms with Crippen LogP contribution in [0.2, 0.25) is 0 Å². The summed E-state index contributed by atoms with van der Waals surface area (Å²) in [6.45, 7) is 4.13. The monoisotopic (exact) mass is 417 g/mol. The Balaban J connectivity index is 1.77. The van der Waals surface area contributed by atoms with Gasteiger partial charge in [-0.3, -0.25) is 9.59 Å². The molecule has 0 bridgehead atoms. The summed E-state index contributed by atoms with van der Waals surface area (Å²) in [5.74, 6) is 1.40. The number of nitrogens with one attached hydrogen (secondary N) is 1. The fourth-order valence-corrected chi connectivity index (χ4v) is 2.52. The summed E-state index contributed by atoms with van der Waals surface area (Å²) in [7, 11) is 3.03. The number of carbonyl (C=O) groups is 2. The highest BCUT2D eigenvalue weighted by Gasteiger charge is 2.18. The van der Waals surface area contributed by atoms with Crippen LogP contribution >= 0.6 is 0 Å². The summed E-state index contributed by atoms with van der Waals surface area (Å²) in [5.41, 5.74) is 0.499. The van der Waals surface area contributed by atoms with E-state index in [9.17, 15) is 9.59 Å². The molecule has 0 aliphatic heterocycles. The van der Waals surface area contributed by atoms with Crippen LogP contribution in [0.15, 0.2) is 42.5 Å². The van der Waals surface area contributed by atoms with E-state index in [1.54, 1.807) is 42.5 Å².